The second-order valence-electron chi connectivity index (χ2n) is 3.17. The maximum absolute atomic E-state index is 10.3. The van der Waals surface area contributed by atoms with Gasteiger partial charge in [-0.25, -0.2) is 20.2 Å². The highest BCUT2D eigenvalue weighted by molar-refractivity contribution is 5.85. The van der Waals surface area contributed by atoms with Crippen LogP contribution in [0.25, 0.3) is 11.0 Å². The number of carboxylic acid groups (broad SMARTS) is 1. The van der Waals surface area contributed by atoms with Gasteiger partial charge < -0.3 is 9.67 Å². The Balaban J connectivity index is 2.20. The topological polar surface area (TPSA) is 89.3 Å². The number of nitrogens with zero attached hydrogens (tertiary/aromatic N) is 3. The zero-order valence-corrected chi connectivity index (χ0v) is 8.54. The maximum atomic E-state index is 10.3. The van der Waals surface area contributed by atoms with Crippen molar-refractivity contribution in [1.82, 2.24) is 14.5 Å². The Morgan fingerprint density at radius 2 is 2.44 bits per heavy atom. The van der Waals surface area contributed by atoms with Crippen LogP contribution in [-0.4, -0.2) is 32.2 Å². The fourth-order valence-electron chi connectivity index (χ4n) is 1.30. The fraction of sp³-hybridized carbons (Fsp3) is 0.222. The van der Waals surface area contributed by atoms with Gasteiger partial charge in [-0.05, 0) is 6.07 Å². The summed E-state index contributed by atoms with van der Waals surface area (Å²) >= 11 is 0. The van der Waals surface area contributed by atoms with Crippen LogP contribution in [0.5, 0.6) is 0 Å². The molecular weight excluding hydrogens is 212 g/mol. The number of rotatable bonds is 4. The predicted molar refractivity (Wildman–Crippen MR) is 55.7 cm³/mol. The van der Waals surface area contributed by atoms with Crippen LogP contribution in [0.4, 0.5) is 5.82 Å². The average Bonchev–Trinajstić information content (AvgIpc) is 2.61. The number of carboxylic acids is 1. The Morgan fingerprint density at radius 3 is 3.19 bits per heavy atom. The zero-order chi connectivity index (χ0) is 11.5. The van der Waals surface area contributed by atoms with Gasteiger partial charge in [0.1, 0.15) is 5.52 Å². The molecule has 2 aromatic heterocycles. The average molecular weight is 222 g/mol. The molecule has 0 fully saturated rings. The van der Waals surface area contributed by atoms with Crippen molar-refractivity contribution in [2.75, 3.05) is 12.1 Å². The molecule has 2 N–H and O–H groups in total. The quantitative estimate of drug-likeness (QED) is 0.727. The summed E-state index contributed by atoms with van der Waals surface area (Å²) in [7, 11) is 1.86. The van der Waals surface area contributed by atoms with E-state index in [1.807, 2.05) is 17.7 Å². The van der Waals surface area contributed by atoms with Crippen LogP contribution in [0.15, 0.2) is 18.6 Å². The number of anilines is 1. The summed E-state index contributed by atoms with van der Waals surface area (Å²) < 4.78 is 1.83. The Morgan fingerprint density at radius 1 is 1.62 bits per heavy atom. The zero-order valence-electron chi connectivity index (χ0n) is 8.54. The number of aromatic nitrogens is 3. The second-order valence-corrected chi connectivity index (χ2v) is 3.17. The highest BCUT2D eigenvalue weighted by Crippen LogP contribution is 2.18. The third-order valence-electron chi connectivity index (χ3n) is 2.01. The molecule has 84 valence electrons. The van der Waals surface area contributed by atoms with E-state index in [0.717, 1.165) is 5.52 Å². The van der Waals surface area contributed by atoms with Gasteiger partial charge in [-0.15, -0.1) is 0 Å². The van der Waals surface area contributed by atoms with Gasteiger partial charge in [-0.1, -0.05) is 0 Å². The molecule has 0 saturated carbocycles. The van der Waals surface area contributed by atoms with Crippen LogP contribution < -0.4 is 5.48 Å². The summed E-state index contributed by atoms with van der Waals surface area (Å²) in [6, 6.07) is 1.81. The van der Waals surface area contributed by atoms with Crippen LogP contribution >= 0.6 is 0 Å². The third-order valence-corrected chi connectivity index (χ3v) is 2.01. The molecule has 0 bridgehead atoms. The van der Waals surface area contributed by atoms with Gasteiger partial charge in [0, 0.05) is 13.2 Å². The maximum Gasteiger partial charge on any atom is 0.332 e. The summed E-state index contributed by atoms with van der Waals surface area (Å²) in [6.07, 6.45) is 3.24. The second kappa shape index (κ2) is 4.15. The number of aliphatic carboxylic acids is 1. The Bertz CT molecular complexity index is 522. The fourth-order valence-corrected chi connectivity index (χ4v) is 1.30. The van der Waals surface area contributed by atoms with Crippen molar-refractivity contribution in [3.63, 3.8) is 0 Å². The summed E-state index contributed by atoms with van der Waals surface area (Å²) in [5.41, 5.74) is 3.98. The summed E-state index contributed by atoms with van der Waals surface area (Å²) in [5, 5.41) is 8.40. The van der Waals surface area contributed by atoms with E-state index in [1.54, 1.807) is 12.5 Å². The van der Waals surface area contributed by atoms with E-state index in [4.69, 9.17) is 9.94 Å². The molecule has 0 amide bonds. The van der Waals surface area contributed by atoms with E-state index < -0.39 is 12.6 Å². The molecule has 0 atom stereocenters. The van der Waals surface area contributed by atoms with Gasteiger partial charge in [0.25, 0.3) is 0 Å². The van der Waals surface area contributed by atoms with Crippen LogP contribution in [0, 0.1) is 0 Å². The highest BCUT2D eigenvalue weighted by Gasteiger charge is 2.07. The Kier molecular flexibility index (Phi) is 2.69. The Labute approximate surface area is 90.6 Å². The van der Waals surface area contributed by atoms with Gasteiger partial charge in [0.05, 0.1) is 11.8 Å². The van der Waals surface area contributed by atoms with Crippen LogP contribution in [0.1, 0.15) is 0 Å². The minimum absolute atomic E-state index is 0.402. The number of fused-ring (bicyclic) bond motifs is 1. The molecule has 2 rings (SSSR count). The van der Waals surface area contributed by atoms with Crippen molar-refractivity contribution in [3.8, 4) is 0 Å². The molecule has 0 aliphatic heterocycles. The van der Waals surface area contributed by atoms with Crippen LogP contribution in [-0.2, 0) is 16.7 Å². The van der Waals surface area contributed by atoms with Crippen molar-refractivity contribution in [3.05, 3.63) is 18.6 Å². The lowest BCUT2D eigenvalue weighted by Gasteiger charge is -2.04. The number of nitrogens with one attached hydrogen (secondary N) is 1. The van der Waals surface area contributed by atoms with E-state index in [1.165, 1.54) is 0 Å². The monoisotopic (exact) mass is 222 g/mol. The van der Waals surface area contributed by atoms with Crippen molar-refractivity contribution >= 4 is 22.8 Å². The lowest BCUT2D eigenvalue weighted by molar-refractivity contribution is -0.141. The van der Waals surface area contributed by atoms with Crippen molar-refractivity contribution in [1.29, 1.82) is 0 Å². The van der Waals surface area contributed by atoms with Crippen LogP contribution in [0.2, 0.25) is 0 Å². The van der Waals surface area contributed by atoms with E-state index in [-0.39, 0.29) is 0 Å². The number of imidazole rings is 1. The number of hydrogen-bond donors (Lipinski definition) is 2. The number of carbonyl (C=O) groups is 1. The van der Waals surface area contributed by atoms with E-state index in [2.05, 4.69) is 15.4 Å². The first-order valence-corrected chi connectivity index (χ1v) is 4.54. The summed E-state index contributed by atoms with van der Waals surface area (Å²) in [6.45, 7) is -0.440. The lowest BCUT2D eigenvalue weighted by atomic mass is 10.4. The molecule has 0 aliphatic rings. The molecule has 7 heteroatoms. The molecule has 16 heavy (non-hydrogen) atoms. The molecule has 0 saturated heterocycles. The van der Waals surface area contributed by atoms with E-state index in [9.17, 15) is 4.79 Å². The van der Waals surface area contributed by atoms with Gasteiger partial charge >= 0.3 is 5.97 Å². The van der Waals surface area contributed by atoms with Gasteiger partial charge in [0.15, 0.2) is 12.4 Å². The molecule has 2 aromatic rings. The van der Waals surface area contributed by atoms with E-state index >= 15 is 0 Å². The van der Waals surface area contributed by atoms with Gasteiger partial charge in [-0.2, -0.15) is 0 Å². The molecular formula is C9H10N4O3. The first-order chi connectivity index (χ1) is 7.68. The minimum atomic E-state index is -1.05. The lowest BCUT2D eigenvalue weighted by Crippen LogP contribution is -2.12. The predicted octanol–water partition coefficient (Wildman–Crippen LogP) is 0.396. The Hall–Kier alpha value is -2.15. The molecule has 0 aliphatic carbocycles. The van der Waals surface area contributed by atoms with Crippen molar-refractivity contribution in [2.24, 2.45) is 7.05 Å². The number of aryl methyl sites for hydroxylation is 1. The van der Waals surface area contributed by atoms with Crippen LogP contribution in [0.3, 0.4) is 0 Å². The van der Waals surface area contributed by atoms with Crippen molar-refractivity contribution < 1.29 is 14.7 Å². The van der Waals surface area contributed by atoms with Crippen molar-refractivity contribution in [2.45, 2.75) is 0 Å². The highest BCUT2D eigenvalue weighted by atomic mass is 16.7. The largest absolute Gasteiger partial charge is 0.479 e. The standard InChI is InChI=1S/C9H10N4O3/c1-13-5-11-8-6(13)2-3-10-9(8)12-16-4-7(14)15/h2-3,5H,4H2,1H3,(H,10,12)(H,14,15). The molecule has 0 unspecified atom stereocenters. The first-order valence-electron chi connectivity index (χ1n) is 4.54. The third kappa shape index (κ3) is 1.94. The van der Waals surface area contributed by atoms with E-state index in [0.29, 0.717) is 11.3 Å². The molecule has 7 nitrogen and oxygen atoms in total. The van der Waals surface area contributed by atoms with Gasteiger partial charge in [0.2, 0.25) is 0 Å². The number of hydrogen-bond acceptors (Lipinski definition) is 5. The SMILES string of the molecule is Cn1cnc2c(NOCC(=O)O)nccc21. The molecule has 0 aromatic carbocycles. The molecule has 0 radical (unpaired) electrons. The normalized spacial score (nSPS) is 10.6. The molecule has 2 heterocycles. The summed E-state index contributed by atoms with van der Waals surface area (Å²) in [5.74, 6) is -0.653. The molecule has 0 spiro atoms. The number of pyridine rings is 1. The smallest absolute Gasteiger partial charge is 0.332 e. The summed E-state index contributed by atoms with van der Waals surface area (Å²) in [4.78, 5) is 23.1. The minimum Gasteiger partial charge on any atom is -0.479 e. The van der Waals surface area contributed by atoms with Gasteiger partial charge in [-0.3, -0.25) is 4.84 Å². The first kappa shape index (κ1) is 10.4.